The Morgan fingerprint density at radius 3 is 2.55 bits per heavy atom. The lowest BCUT2D eigenvalue weighted by atomic mass is 9.92. The Morgan fingerprint density at radius 2 is 1.95 bits per heavy atom. The number of hydrogen-bond donors (Lipinski definition) is 1. The van der Waals surface area contributed by atoms with E-state index in [4.69, 9.17) is 4.74 Å². The highest BCUT2D eigenvalue weighted by Gasteiger charge is 2.47. The van der Waals surface area contributed by atoms with Crippen molar-refractivity contribution in [1.29, 1.82) is 0 Å². The number of nitrogens with zero attached hydrogens (tertiary/aromatic N) is 1. The van der Waals surface area contributed by atoms with E-state index in [0.29, 0.717) is 18.6 Å². The summed E-state index contributed by atoms with van der Waals surface area (Å²) in [5.41, 5.74) is 2.86. The fourth-order valence-electron chi connectivity index (χ4n) is 4.42. The molecule has 0 spiro atoms. The number of benzene rings is 1. The molecule has 3 aliphatic rings. The van der Waals surface area contributed by atoms with E-state index in [1.807, 2.05) is 6.92 Å². The van der Waals surface area contributed by atoms with Gasteiger partial charge in [-0.2, -0.15) is 0 Å². The number of rotatable bonds is 4. The molecule has 22 heavy (non-hydrogen) atoms. The molecule has 1 N–H and O–H groups in total. The Morgan fingerprint density at radius 1 is 1.27 bits per heavy atom. The quantitative estimate of drug-likeness (QED) is 0.929. The number of carbonyl (C=O) groups is 1. The molecule has 4 nitrogen and oxygen atoms in total. The van der Waals surface area contributed by atoms with Crippen LogP contribution < -0.4 is 5.32 Å². The second-order valence-corrected chi connectivity index (χ2v) is 6.74. The molecule has 2 fully saturated rings. The van der Waals surface area contributed by atoms with Gasteiger partial charge in [-0.05, 0) is 43.7 Å². The molecular weight excluding hydrogens is 276 g/mol. The van der Waals surface area contributed by atoms with Crippen molar-refractivity contribution in [3.05, 3.63) is 35.4 Å². The monoisotopic (exact) mass is 300 g/mol. The van der Waals surface area contributed by atoms with E-state index < -0.39 is 0 Å². The average Bonchev–Trinajstić information content (AvgIpc) is 3.27. The van der Waals surface area contributed by atoms with E-state index >= 15 is 0 Å². The summed E-state index contributed by atoms with van der Waals surface area (Å²) in [6.07, 6.45) is 4.73. The van der Waals surface area contributed by atoms with Gasteiger partial charge in [-0.1, -0.05) is 24.3 Å². The topological polar surface area (TPSA) is 41.6 Å². The largest absolute Gasteiger partial charge is 0.376 e. The molecule has 0 aliphatic carbocycles. The van der Waals surface area contributed by atoms with Gasteiger partial charge in [-0.25, -0.2) is 0 Å². The maximum absolute atomic E-state index is 12.5. The van der Waals surface area contributed by atoms with Crippen LogP contribution >= 0.6 is 0 Å². The summed E-state index contributed by atoms with van der Waals surface area (Å²) in [5, 5.41) is 3.09. The number of amides is 1. The van der Waals surface area contributed by atoms with Crippen LogP contribution in [0.1, 0.15) is 55.8 Å². The molecule has 0 radical (unpaired) electrons. The molecule has 4 atom stereocenters. The summed E-state index contributed by atoms with van der Waals surface area (Å²) in [6.45, 7) is 3.53. The lowest BCUT2D eigenvalue weighted by molar-refractivity contribution is -0.127. The first-order valence-corrected chi connectivity index (χ1v) is 8.51. The fourth-order valence-corrected chi connectivity index (χ4v) is 4.42. The number of hydrogen-bond acceptors (Lipinski definition) is 3. The Labute approximate surface area is 131 Å². The van der Waals surface area contributed by atoms with Crippen LogP contribution in [-0.2, 0) is 9.53 Å². The number of fused-ring (bicyclic) bond motifs is 5. The first-order valence-electron chi connectivity index (χ1n) is 8.51. The molecule has 2 bridgehead atoms. The second kappa shape index (κ2) is 5.67. The maximum atomic E-state index is 12.5. The van der Waals surface area contributed by atoms with Crippen LogP contribution in [0, 0.1) is 0 Å². The van der Waals surface area contributed by atoms with Crippen LogP contribution in [0.5, 0.6) is 0 Å². The third-order valence-electron chi connectivity index (χ3n) is 5.50. The minimum Gasteiger partial charge on any atom is -0.376 e. The van der Waals surface area contributed by atoms with Crippen molar-refractivity contribution >= 4 is 5.91 Å². The Kier molecular flexibility index (Phi) is 3.66. The molecule has 1 amide bonds. The van der Waals surface area contributed by atoms with E-state index in [0.717, 1.165) is 19.4 Å². The van der Waals surface area contributed by atoms with Gasteiger partial charge >= 0.3 is 0 Å². The highest BCUT2D eigenvalue weighted by atomic mass is 16.5. The minimum atomic E-state index is -0.0775. The van der Waals surface area contributed by atoms with E-state index in [2.05, 4.69) is 34.5 Å². The molecule has 118 valence electrons. The van der Waals surface area contributed by atoms with Crippen LogP contribution in [0.25, 0.3) is 0 Å². The van der Waals surface area contributed by atoms with Crippen LogP contribution in [0.4, 0.5) is 0 Å². The summed E-state index contributed by atoms with van der Waals surface area (Å²) in [4.78, 5) is 15.0. The Bertz CT molecular complexity index is 537. The molecule has 2 saturated heterocycles. The molecule has 3 aliphatic heterocycles. The first-order chi connectivity index (χ1) is 10.8. The normalized spacial score (nSPS) is 31.2. The average molecular weight is 300 g/mol. The van der Waals surface area contributed by atoms with Gasteiger partial charge in [0.1, 0.15) is 0 Å². The zero-order valence-electron chi connectivity index (χ0n) is 13.1. The van der Waals surface area contributed by atoms with Crippen LogP contribution in [-0.4, -0.2) is 36.1 Å². The Hall–Kier alpha value is -1.39. The van der Waals surface area contributed by atoms with Gasteiger partial charge in [0.2, 0.25) is 5.91 Å². The maximum Gasteiger partial charge on any atom is 0.237 e. The molecule has 4 heteroatoms. The number of nitrogens with one attached hydrogen (secondary N) is 1. The lowest BCUT2D eigenvalue weighted by Gasteiger charge is -2.28. The van der Waals surface area contributed by atoms with Crippen LogP contribution in [0.3, 0.4) is 0 Å². The molecule has 4 rings (SSSR count). The predicted molar refractivity (Wildman–Crippen MR) is 84.4 cm³/mol. The van der Waals surface area contributed by atoms with Crippen molar-refractivity contribution in [2.45, 2.75) is 56.8 Å². The van der Waals surface area contributed by atoms with E-state index in [1.54, 1.807) is 0 Å². The SMILES string of the molecule is C[C@H](C(=O)NC[C@@H]1CCCO1)N1[C@H]2CC[C@H]1c1ccccc12. The summed E-state index contributed by atoms with van der Waals surface area (Å²) in [5.74, 6) is 0.139. The highest BCUT2D eigenvalue weighted by Crippen LogP contribution is 2.53. The van der Waals surface area contributed by atoms with Crippen molar-refractivity contribution in [1.82, 2.24) is 10.2 Å². The molecule has 0 aromatic heterocycles. The van der Waals surface area contributed by atoms with Crippen LogP contribution in [0.15, 0.2) is 24.3 Å². The van der Waals surface area contributed by atoms with E-state index in [-0.39, 0.29) is 18.1 Å². The van der Waals surface area contributed by atoms with Crippen molar-refractivity contribution in [2.24, 2.45) is 0 Å². The first kappa shape index (κ1) is 14.2. The molecule has 1 aromatic rings. The van der Waals surface area contributed by atoms with Gasteiger partial charge < -0.3 is 10.1 Å². The molecule has 0 saturated carbocycles. The van der Waals surface area contributed by atoms with Gasteiger partial charge in [-0.3, -0.25) is 9.69 Å². The molecular formula is C18H24N2O2. The summed E-state index contributed by atoms with van der Waals surface area (Å²) < 4.78 is 5.59. The predicted octanol–water partition coefficient (Wildman–Crippen LogP) is 2.56. The summed E-state index contributed by atoms with van der Waals surface area (Å²) in [7, 11) is 0. The zero-order chi connectivity index (χ0) is 15.1. The second-order valence-electron chi connectivity index (χ2n) is 6.74. The van der Waals surface area contributed by atoms with Gasteiger partial charge in [0.15, 0.2) is 0 Å². The third-order valence-corrected chi connectivity index (χ3v) is 5.50. The van der Waals surface area contributed by atoms with Gasteiger partial charge in [0.05, 0.1) is 12.1 Å². The van der Waals surface area contributed by atoms with Gasteiger partial charge in [-0.15, -0.1) is 0 Å². The van der Waals surface area contributed by atoms with Crippen molar-refractivity contribution in [3.63, 3.8) is 0 Å². The zero-order valence-corrected chi connectivity index (χ0v) is 13.1. The van der Waals surface area contributed by atoms with E-state index in [9.17, 15) is 4.79 Å². The van der Waals surface area contributed by atoms with Crippen molar-refractivity contribution in [3.8, 4) is 0 Å². The van der Waals surface area contributed by atoms with Crippen LogP contribution in [0.2, 0.25) is 0 Å². The fraction of sp³-hybridized carbons (Fsp3) is 0.611. The Balaban J connectivity index is 1.43. The smallest absolute Gasteiger partial charge is 0.237 e. The van der Waals surface area contributed by atoms with E-state index in [1.165, 1.54) is 24.0 Å². The summed E-state index contributed by atoms with van der Waals surface area (Å²) in [6, 6.07) is 9.44. The van der Waals surface area contributed by atoms with Gasteiger partial charge in [0.25, 0.3) is 0 Å². The molecule has 1 aromatic carbocycles. The van der Waals surface area contributed by atoms with Gasteiger partial charge in [0, 0.05) is 25.2 Å². The number of carbonyl (C=O) groups excluding carboxylic acids is 1. The number of ether oxygens (including phenoxy) is 1. The van der Waals surface area contributed by atoms with Crippen molar-refractivity contribution < 1.29 is 9.53 Å². The molecule has 3 heterocycles. The molecule has 0 unspecified atom stereocenters. The van der Waals surface area contributed by atoms with Crippen molar-refractivity contribution in [2.75, 3.05) is 13.2 Å². The lowest BCUT2D eigenvalue weighted by Crippen LogP contribution is -2.45. The highest BCUT2D eigenvalue weighted by molar-refractivity contribution is 5.81. The minimum absolute atomic E-state index is 0.0775. The summed E-state index contributed by atoms with van der Waals surface area (Å²) >= 11 is 0. The third kappa shape index (κ3) is 2.25. The standard InChI is InChI=1S/C18H24N2O2/c1-12(18(21)19-11-13-5-4-10-22-13)20-16-8-9-17(20)15-7-3-2-6-14(15)16/h2-3,6-7,12-13,16-17H,4-5,8-11H2,1H3,(H,19,21)/t12-,13+,16+,17+/m1/s1.